The number of thiophene rings is 1. The van der Waals surface area contributed by atoms with E-state index in [0.29, 0.717) is 24.0 Å². The van der Waals surface area contributed by atoms with Crippen LogP contribution in [-0.2, 0) is 14.8 Å². The Labute approximate surface area is 161 Å². The number of rotatable bonds is 6. The van der Waals surface area contributed by atoms with Gasteiger partial charge in [-0.1, -0.05) is 11.6 Å². The molecule has 2 N–H and O–H groups in total. The molecule has 0 bridgehead atoms. The highest BCUT2D eigenvalue weighted by Gasteiger charge is 2.31. The van der Waals surface area contributed by atoms with Crippen molar-refractivity contribution in [2.75, 3.05) is 32.7 Å². The van der Waals surface area contributed by atoms with Gasteiger partial charge in [-0.3, -0.25) is 4.79 Å². The maximum atomic E-state index is 12.6. The molecular formula is C16H21ClN3O4S2+. The number of nitrogens with two attached hydrogens (primary N) is 1. The Morgan fingerprint density at radius 1 is 1.31 bits per heavy atom. The summed E-state index contributed by atoms with van der Waals surface area (Å²) in [6, 6.07) is 6.85. The van der Waals surface area contributed by atoms with Crippen molar-refractivity contribution in [1.29, 1.82) is 0 Å². The molecule has 1 saturated heterocycles. The number of carbonyl (C=O) groups excluding carboxylic acids is 1. The van der Waals surface area contributed by atoms with E-state index in [2.05, 4.69) is 0 Å². The van der Waals surface area contributed by atoms with Crippen molar-refractivity contribution in [1.82, 2.24) is 9.21 Å². The number of amides is 1. The largest absolute Gasteiger partial charge is 0.463 e. The topological polar surface area (TPSA) is 87.4 Å². The molecule has 1 fully saturated rings. The summed E-state index contributed by atoms with van der Waals surface area (Å²) in [5, 5.41) is 1.91. The van der Waals surface area contributed by atoms with Crippen LogP contribution in [-0.4, -0.2) is 56.3 Å². The van der Waals surface area contributed by atoms with Crippen molar-refractivity contribution < 1.29 is 22.9 Å². The summed E-state index contributed by atoms with van der Waals surface area (Å²) in [4.78, 5) is 14.1. The average molecular weight is 419 g/mol. The van der Waals surface area contributed by atoms with Crippen LogP contribution in [0.5, 0.6) is 0 Å². The Morgan fingerprint density at radius 3 is 2.62 bits per heavy atom. The second-order valence-electron chi connectivity index (χ2n) is 6.09. The van der Waals surface area contributed by atoms with Crippen LogP contribution in [0.4, 0.5) is 0 Å². The first kappa shape index (κ1) is 19.4. The summed E-state index contributed by atoms with van der Waals surface area (Å²) < 4.78 is 32.6. The number of piperazine rings is 1. The Morgan fingerprint density at radius 2 is 2.04 bits per heavy atom. The van der Waals surface area contributed by atoms with Crippen molar-refractivity contribution in [3.8, 4) is 0 Å². The van der Waals surface area contributed by atoms with Gasteiger partial charge in [-0.2, -0.15) is 4.31 Å². The molecule has 1 atom stereocenters. The average Bonchev–Trinajstić information content (AvgIpc) is 3.31. The van der Waals surface area contributed by atoms with Gasteiger partial charge < -0.3 is 14.6 Å². The summed E-state index contributed by atoms with van der Waals surface area (Å²) in [7, 11) is -3.54. The third-order valence-electron chi connectivity index (χ3n) is 4.37. The van der Waals surface area contributed by atoms with Gasteiger partial charge in [0.15, 0.2) is 12.3 Å². The van der Waals surface area contributed by atoms with Crippen LogP contribution in [0.15, 0.2) is 39.2 Å². The first-order chi connectivity index (χ1) is 12.4. The maximum absolute atomic E-state index is 12.6. The highest BCUT2D eigenvalue weighted by atomic mass is 35.5. The molecule has 1 aliphatic rings. The molecule has 0 unspecified atom stereocenters. The Hall–Kier alpha value is -1.39. The number of hydrogen-bond acceptors (Lipinski definition) is 5. The number of hydrogen-bond donors (Lipinski definition) is 1. The predicted octanol–water partition coefficient (Wildman–Crippen LogP) is 1.15. The summed E-state index contributed by atoms with van der Waals surface area (Å²) in [6.07, 6.45) is 1.61. The lowest BCUT2D eigenvalue weighted by Gasteiger charge is -2.33. The molecular weight excluding hydrogens is 398 g/mol. The molecule has 1 amide bonds. The molecule has 1 aliphatic heterocycles. The van der Waals surface area contributed by atoms with Gasteiger partial charge in [0.2, 0.25) is 0 Å². The summed E-state index contributed by atoms with van der Waals surface area (Å²) in [5.41, 5.74) is 0. The summed E-state index contributed by atoms with van der Waals surface area (Å²) >= 11 is 6.89. The lowest BCUT2D eigenvalue weighted by Crippen LogP contribution is -2.87. The van der Waals surface area contributed by atoms with Crippen molar-refractivity contribution >= 4 is 38.9 Å². The van der Waals surface area contributed by atoms with Crippen molar-refractivity contribution in [3.63, 3.8) is 0 Å². The standard InChI is InChI=1S/C16H20ClN3O4S2/c1-12(13-3-2-10-24-13)18-11-15(21)19-6-8-20(9-7-19)26(22,23)16-5-4-14(17)25-16/h2-5,10,12,18H,6-9,11H2,1H3/p+1/t12-/m1/s1. The highest BCUT2D eigenvalue weighted by Crippen LogP contribution is 2.28. The van der Waals surface area contributed by atoms with Gasteiger partial charge in [-0.15, -0.1) is 11.3 Å². The predicted molar refractivity (Wildman–Crippen MR) is 98.6 cm³/mol. The summed E-state index contributed by atoms with van der Waals surface area (Å²) in [5.74, 6) is 0.822. The van der Waals surface area contributed by atoms with Gasteiger partial charge in [0.25, 0.3) is 15.9 Å². The number of nitrogens with zero attached hydrogens (tertiary/aromatic N) is 2. The molecule has 2 aromatic rings. The minimum absolute atomic E-state index is 0.000350. The molecule has 10 heteroatoms. The lowest BCUT2D eigenvalue weighted by molar-refractivity contribution is -0.685. The van der Waals surface area contributed by atoms with Crippen molar-refractivity contribution in [3.05, 3.63) is 40.6 Å². The van der Waals surface area contributed by atoms with E-state index in [1.54, 1.807) is 17.2 Å². The molecule has 0 spiro atoms. The SMILES string of the molecule is C[C@@H]([NH2+]CC(=O)N1CCN(S(=O)(=O)c2ccc(Cl)s2)CC1)c1ccco1. The van der Waals surface area contributed by atoms with E-state index in [-0.39, 0.29) is 29.2 Å². The van der Waals surface area contributed by atoms with Crippen LogP contribution in [0.3, 0.4) is 0 Å². The van der Waals surface area contributed by atoms with Crippen LogP contribution < -0.4 is 5.32 Å². The van der Waals surface area contributed by atoms with Gasteiger partial charge in [-0.05, 0) is 31.2 Å². The van der Waals surface area contributed by atoms with E-state index >= 15 is 0 Å². The molecule has 0 saturated carbocycles. The molecule has 2 aromatic heterocycles. The van der Waals surface area contributed by atoms with Gasteiger partial charge in [0, 0.05) is 26.2 Å². The van der Waals surface area contributed by atoms with Crippen molar-refractivity contribution in [2.24, 2.45) is 0 Å². The molecule has 0 radical (unpaired) electrons. The number of furan rings is 1. The molecule has 3 rings (SSSR count). The Bertz CT molecular complexity index is 843. The number of sulfonamides is 1. The number of halogens is 1. The molecule has 26 heavy (non-hydrogen) atoms. The zero-order valence-electron chi connectivity index (χ0n) is 14.3. The molecule has 0 aliphatic carbocycles. The zero-order chi connectivity index (χ0) is 18.7. The molecule has 3 heterocycles. The van der Waals surface area contributed by atoms with Crippen LogP contribution >= 0.6 is 22.9 Å². The van der Waals surface area contributed by atoms with E-state index in [1.165, 1.54) is 10.4 Å². The quantitative estimate of drug-likeness (QED) is 0.762. The Kier molecular flexibility index (Phi) is 6.03. The third-order valence-corrected chi connectivity index (χ3v) is 7.97. The number of carbonyl (C=O) groups is 1. The Balaban J connectivity index is 1.51. The van der Waals surface area contributed by atoms with E-state index in [0.717, 1.165) is 17.1 Å². The molecule has 142 valence electrons. The van der Waals surface area contributed by atoms with Crippen LogP contribution in [0.1, 0.15) is 18.7 Å². The van der Waals surface area contributed by atoms with E-state index in [4.69, 9.17) is 16.0 Å². The van der Waals surface area contributed by atoms with Gasteiger partial charge in [-0.25, -0.2) is 8.42 Å². The first-order valence-corrected chi connectivity index (χ1v) is 10.9. The molecule has 7 nitrogen and oxygen atoms in total. The normalized spacial score (nSPS) is 17.4. The molecule has 0 aromatic carbocycles. The minimum Gasteiger partial charge on any atom is -0.463 e. The van der Waals surface area contributed by atoms with Crippen LogP contribution in [0, 0.1) is 0 Å². The van der Waals surface area contributed by atoms with E-state index in [9.17, 15) is 13.2 Å². The maximum Gasteiger partial charge on any atom is 0.277 e. The second-order valence-corrected chi connectivity index (χ2v) is 9.97. The van der Waals surface area contributed by atoms with E-state index < -0.39 is 10.0 Å². The monoisotopic (exact) mass is 418 g/mol. The van der Waals surface area contributed by atoms with E-state index in [1.807, 2.05) is 24.4 Å². The van der Waals surface area contributed by atoms with Crippen molar-refractivity contribution in [2.45, 2.75) is 17.2 Å². The highest BCUT2D eigenvalue weighted by molar-refractivity contribution is 7.91. The van der Waals surface area contributed by atoms with Gasteiger partial charge in [0.05, 0.1) is 10.6 Å². The smallest absolute Gasteiger partial charge is 0.277 e. The minimum atomic E-state index is -3.54. The first-order valence-electron chi connectivity index (χ1n) is 8.28. The van der Waals surface area contributed by atoms with Gasteiger partial charge >= 0.3 is 0 Å². The fraction of sp³-hybridized carbons (Fsp3) is 0.438. The van der Waals surface area contributed by atoms with Gasteiger partial charge in [0.1, 0.15) is 10.3 Å². The third kappa shape index (κ3) is 4.29. The van der Waals surface area contributed by atoms with Crippen LogP contribution in [0.2, 0.25) is 4.34 Å². The van der Waals surface area contributed by atoms with Crippen LogP contribution in [0.25, 0.3) is 0 Å². The second kappa shape index (κ2) is 8.10. The number of quaternary nitrogens is 1. The summed E-state index contributed by atoms with van der Waals surface area (Å²) in [6.45, 7) is 3.63. The fourth-order valence-corrected chi connectivity index (χ4v) is 5.87. The fourth-order valence-electron chi connectivity index (χ4n) is 2.81. The zero-order valence-corrected chi connectivity index (χ0v) is 16.7. The lowest BCUT2D eigenvalue weighted by atomic mass is 10.2.